The SMILES string of the molecule is O=C([O-])C=CF.O=C([O-])C=CF.[Ca+2]. The molecule has 0 aliphatic heterocycles. The van der Waals surface area contributed by atoms with Crippen molar-refractivity contribution >= 4 is 49.7 Å². The Hall–Kier alpha value is -0.460. The summed E-state index contributed by atoms with van der Waals surface area (Å²) in [5, 5.41) is 18.3. The van der Waals surface area contributed by atoms with Gasteiger partial charge in [0.05, 0.1) is 24.6 Å². The van der Waals surface area contributed by atoms with Crippen LogP contribution in [-0.2, 0) is 9.59 Å². The van der Waals surface area contributed by atoms with E-state index in [9.17, 15) is 8.78 Å². The maximum Gasteiger partial charge on any atom is 2.00 e. The van der Waals surface area contributed by atoms with E-state index in [-0.39, 0.29) is 50.4 Å². The smallest absolute Gasteiger partial charge is 0.545 e. The Labute approximate surface area is 103 Å². The Bertz CT molecular complexity index is 181. The quantitative estimate of drug-likeness (QED) is 0.399. The summed E-state index contributed by atoms with van der Waals surface area (Å²) in [4.78, 5) is 18.3. The van der Waals surface area contributed by atoms with E-state index in [2.05, 4.69) is 0 Å². The first kappa shape index (κ1) is 18.3. The Morgan fingerprint density at radius 1 is 0.923 bits per heavy atom. The maximum atomic E-state index is 10.6. The van der Waals surface area contributed by atoms with Crippen molar-refractivity contribution in [2.45, 2.75) is 0 Å². The minimum absolute atomic E-state index is 0. The minimum Gasteiger partial charge on any atom is -0.545 e. The maximum absolute atomic E-state index is 10.6. The molecule has 0 radical (unpaired) electrons. The van der Waals surface area contributed by atoms with Crippen LogP contribution in [0.15, 0.2) is 24.8 Å². The molecule has 0 aromatic rings. The van der Waals surface area contributed by atoms with E-state index in [1.165, 1.54) is 0 Å². The fourth-order valence-corrected chi connectivity index (χ4v) is 0.103. The van der Waals surface area contributed by atoms with E-state index in [4.69, 9.17) is 19.8 Å². The van der Waals surface area contributed by atoms with Crippen molar-refractivity contribution in [1.82, 2.24) is 0 Å². The number of carbonyl (C=O) groups excluding carboxylic acids is 2. The number of hydrogen-bond donors (Lipinski definition) is 0. The third-order valence-corrected chi connectivity index (χ3v) is 0.398. The second kappa shape index (κ2) is 14.1. The molecule has 7 heteroatoms. The fraction of sp³-hybridized carbons (Fsp3) is 0. The molecule has 0 aromatic heterocycles. The zero-order chi connectivity index (χ0) is 9.98. The molecule has 0 bridgehead atoms. The summed E-state index contributed by atoms with van der Waals surface area (Å²) in [6.07, 6.45) is 0.435. The van der Waals surface area contributed by atoms with Gasteiger partial charge in [0.25, 0.3) is 0 Å². The van der Waals surface area contributed by atoms with Crippen molar-refractivity contribution in [3.8, 4) is 0 Å². The molecule has 0 aromatic carbocycles. The predicted octanol–water partition coefficient (Wildman–Crippen LogP) is -1.94. The minimum atomic E-state index is -1.52. The molecule has 13 heavy (non-hydrogen) atoms. The molecule has 4 nitrogen and oxygen atoms in total. The Morgan fingerprint density at radius 3 is 1.15 bits per heavy atom. The molecule has 0 N–H and O–H groups in total. The Kier molecular flexibility index (Phi) is 19.9. The second-order valence-corrected chi connectivity index (χ2v) is 1.22. The third kappa shape index (κ3) is 34.2. The number of rotatable bonds is 2. The first-order valence-electron chi connectivity index (χ1n) is 2.50. The average Bonchev–Trinajstić information content (AvgIpc) is 1.87. The molecular weight excluding hydrogens is 214 g/mol. The second-order valence-electron chi connectivity index (χ2n) is 1.22. The molecule has 0 fully saturated rings. The van der Waals surface area contributed by atoms with Gasteiger partial charge in [-0.3, -0.25) is 0 Å². The third-order valence-electron chi connectivity index (χ3n) is 0.398. The monoisotopic (exact) mass is 218 g/mol. The van der Waals surface area contributed by atoms with Gasteiger partial charge in [0.1, 0.15) is 0 Å². The Morgan fingerprint density at radius 2 is 1.15 bits per heavy atom. The van der Waals surface area contributed by atoms with Crippen LogP contribution in [0.3, 0.4) is 0 Å². The van der Waals surface area contributed by atoms with Crippen LogP contribution in [0.2, 0.25) is 0 Å². The fourth-order valence-electron chi connectivity index (χ4n) is 0.103. The molecule has 68 valence electrons. The van der Waals surface area contributed by atoms with Crippen LogP contribution in [0.1, 0.15) is 0 Å². The number of aliphatic carboxylic acids is 2. The van der Waals surface area contributed by atoms with Crippen molar-refractivity contribution in [3.63, 3.8) is 0 Å². The molecule has 0 rings (SSSR count). The Balaban J connectivity index is -0.000000143. The molecular formula is C6H4CaF2O4. The molecule has 0 aliphatic carbocycles. The molecule has 0 aliphatic rings. The summed E-state index contributed by atoms with van der Waals surface area (Å²) in [5.74, 6) is -3.03. The van der Waals surface area contributed by atoms with Gasteiger partial charge < -0.3 is 19.8 Å². The van der Waals surface area contributed by atoms with E-state index in [1.54, 1.807) is 0 Å². The predicted molar refractivity (Wildman–Crippen MR) is 36.3 cm³/mol. The zero-order valence-corrected chi connectivity index (χ0v) is 8.61. The van der Waals surface area contributed by atoms with Gasteiger partial charge in [-0.05, 0) is 12.2 Å². The van der Waals surface area contributed by atoms with Gasteiger partial charge in [-0.2, -0.15) is 0 Å². The summed E-state index contributed by atoms with van der Waals surface area (Å²) in [5.41, 5.74) is 0. The molecule has 0 unspecified atom stereocenters. The van der Waals surface area contributed by atoms with Crippen LogP contribution in [0.25, 0.3) is 0 Å². The summed E-state index contributed by atoms with van der Waals surface area (Å²) in [6.45, 7) is 0. The number of carbonyl (C=O) groups is 2. The van der Waals surface area contributed by atoms with E-state index < -0.39 is 11.9 Å². The zero-order valence-electron chi connectivity index (χ0n) is 6.41. The normalized spacial score (nSPS) is 8.77. The first-order valence-corrected chi connectivity index (χ1v) is 2.50. The molecule has 0 saturated carbocycles. The number of carboxylic acids is 2. The van der Waals surface area contributed by atoms with Gasteiger partial charge in [0, 0.05) is 0 Å². The van der Waals surface area contributed by atoms with Crippen LogP contribution in [-0.4, -0.2) is 49.7 Å². The topological polar surface area (TPSA) is 80.3 Å². The van der Waals surface area contributed by atoms with Crippen LogP contribution in [0.5, 0.6) is 0 Å². The summed E-state index contributed by atoms with van der Waals surface area (Å²) in [7, 11) is 0. The average molecular weight is 218 g/mol. The molecule has 0 heterocycles. The van der Waals surface area contributed by atoms with E-state index in [0.29, 0.717) is 12.2 Å². The van der Waals surface area contributed by atoms with Crippen LogP contribution < -0.4 is 10.2 Å². The number of halogens is 2. The summed E-state index contributed by atoms with van der Waals surface area (Å²) < 4.78 is 21.3. The van der Waals surface area contributed by atoms with Crippen LogP contribution >= 0.6 is 0 Å². The molecule has 0 saturated heterocycles. The van der Waals surface area contributed by atoms with Crippen molar-refractivity contribution < 1.29 is 28.6 Å². The van der Waals surface area contributed by atoms with Gasteiger partial charge >= 0.3 is 37.7 Å². The van der Waals surface area contributed by atoms with Crippen molar-refractivity contribution in [3.05, 3.63) is 24.8 Å². The standard InChI is InChI=1S/2C3H3FO2.Ca/c2*4-2-1-3(5)6;/h2*1-2H,(H,5,6);/q;;+2/p-2. The summed E-state index contributed by atoms with van der Waals surface area (Å²) >= 11 is 0. The van der Waals surface area contributed by atoms with Crippen molar-refractivity contribution in [2.75, 3.05) is 0 Å². The van der Waals surface area contributed by atoms with E-state index in [1.807, 2.05) is 0 Å². The largest absolute Gasteiger partial charge is 2.00 e. The van der Waals surface area contributed by atoms with E-state index >= 15 is 0 Å². The first-order chi connectivity index (χ1) is 5.54. The van der Waals surface area contributed by atoms with Crippen LogP contribution in [0, 0.1) is 0 Å². The van der Waals surface area contributed by atoms with Crippen molar-refractivity contribution in [2.24, 2.45) is 0 Å². The van der Waals surface area contributed by atoms with Gasteiger partial charge in [-0.15, -0.1) is 0 Å². The summed E-state index contributed by atoms with van der Waals surface area (Å²) in [6, 6.07) is 0. The van der Waals surface area contributed by atoms with E-state index in [0.717, 1.165) is 0 Å². The molecule has 0 atom stereocenters. The van der Waals surface area contributed by atoms with Gasteiger partial charge in [-0.1, -0.05) is 0 Å². The number of carboxylic acid groups (broad SMARTS) is 2. The molecule has 0 spiro atoms. The van der Waals surface area contributed by atoms with Gasteiger partial charge in [0.2, 0.25) is 0 Å². The van der Waals surface area contributed by atoms with Gasteiger partial charge in [0.15, 0.2) is 0 Å². The van der Waals surface area contributed by atoms with Crippen molar-refractivity contribution in [1.29, 1.82) is 0 Å². The number of hydrogen-bond acceptors (Lipinski definition) is 4. The van der Waals surface area contributed by atoms with Gasteiger partial charge in [-0.25, -0.2) is 8.78 Å². The molecule has 0 amide bonds. The van der Waals surface area contributed by atoms with Crippen LogP contribution in [0.4, 0.5) is 8.78 Å².